The zero-order valence-electron chi connectivity index (χ0n) is 12.8. The van der Waals surface area contributed by atoms with Gasteiger partial charge in [0.1, 0.15) is 17.7 Å². The van der Waals surface area contributed by atoms with Crippen molar-refractivity contribution in [1.29, 1.82) is 0 Å². The molecule has 118 valence electrons. The monoisotopic (exact) mass is 314 g/mol. The number of halogens is 1. The summed E-state index contributed by atoms with van der Waals surface area (Å²) in [5.74, 6) is -1.13. The van der Waals surface area contributed by atoms with Gasteiger partial charge in [0.25, 0.3) is 0 Å². The Labute approximate surface area is 131 Å². The van der Waals surface area contributed by atoms with Crippen molar-refractivity contribution in [2.75, 3.05) is 0 Å². The van der Waals surface area contributed by atoms with Gasteiger partial charge in [-0.1, -0.05) is 13.8 Å². The van der Waals surface area contributed by atoms with Crippen molar-refractivity contribution in [3.05, 3.63) is 51.6 Å². The molecule has 0 unspecified atom stereocenters. The van der Waals surface area contributed by atoms with Crippen LogP contribution in [0.5, 0.6) is 0 Å². The van der Waals surface area contributed by atoms with Crippen molar-refractivity contribution in [1.82, 2.24) is 0 Å². The Bertz CT molecular complexity index is 896. The normalized spacial score (nSPS) is 17.6. The van der Waals surface area contributed by atoms with E-state index in [1.165, 1.54) is 24.5 Å². The molecule has 0 bridgehead atoms. The molecule has 1 aromatic carbocycles. The number of carbonyl (C=O) groups excluding carboxylic acids is 2. The van der Waals surface area contributed by atoms with E-state index in [9.17, 15) is 18.8 Å². The summed E-state index contributed by atoms with van der Waals surface area (Å²) in [6, 6.07) is 3.64. The van der Waals surface area contributed by atoms with Gasteiger partial charge in [-0.2, -0.15) is 0 Å². The van der Waals surface area contributed by atoms with E-state index in [0.29, 0.717) is 0 Å². The van der Waals surface area contributed by atoms with Crippen LogP contribution in [-0.4, -0.2) is 11.6 Å². The first-order valence-corrected chi connectivity index (χ1v) is 7.26. The van der Waals surface area contributed by atoms with Crippen LogP contribution in [0.25, 0.3) is 17.0 Å². The summed E-state index contributed by atoms with van der Waals surface area (Å²) in [5.41, 5.74) is -0.514. The summed E-state index contributed by atoms with van der Waals surface area (Å²) >= 11 is 0. The summed E-state index contributed by atoms with van der Waals surface area (Å²) in [5, 5.41) is 0.0791. The molecule has 1 saturated carbocycles. The molecule has 5 heteroatoms. The van der Waals surface area contributed by atoms with Crippen LogP contribution >= 0.6 is 0 Å². The van der Waals surface area contributed by atoms with Crippen LogP contribution in [0.1, 0.15) is 32.3 Å². The largest absolute Gasteiger partial charge is 0.463 e. The van der Waals surface area contributed by atoms with Crippen LogP contribution in [0.15, 0.2) is 39.2 Å². The molecule has 23 heavy (non-hydrogen) atoms. The predicted octanol–water partition coefficient (Wildman–Crippen LogP) is 3.27. The Hall–Kier alpha value is -2.56. The molecular weight excluding hydrogens is 299 g/mol. The molecule has 1 aliphatic carbocycles. The maximum absolute atomic E-state index is 13.3. The number of fused-ring (bicyclic) bond motifs is 1. The molecule has 0 spiro atoms. The van der Waals surface area contributed by atoms with Gasteiger partial charge in [0.05, 0.1) is 16.5 Å². The molecule has 0 saturated heterocycles. The van der Waals surface area contributed by atoms with E-state index >= 15 is 0 Å². The molecule has 0 radical (unpaired) electrons. The van der Waals surface area contributed by atoms with Gasteiger partial charge in [-0.05, 0) is 29.7 Å². The lowest BCUT2D eigenvalue weighted by Gasteiger charge is -2.28. The fraction of sp³-hybridized carbons (Fsp3) is 0.278. The van der Waals surface area contributed by atoms with Crippen LogP contribution in [0.3, 0.4) is 0 Å². The Morgan fingerprint density at radius 2 is 1.78 bits per heavy atom. The third-order valence-corrected chi connectivity index (χ3v) is 3.94. The standard InChI is InChI=1S/C18H15FO4/c1-18(2)7-14(20)12(15(21)8-18)5-10-9-23-16-4-3-11(19)6-13(16)17(10)22/h3-6,9H,7-8H2,1-2H3. The lowest BCUT2D eigenvalue weighted by Crippen LogP contribution is -2.31. The van der Waals surface area contributed by atoms with Gasteiger partial charge in [0, 0.05) is 12.8 Å². The molecule has 1 aromatic heterocycles. The summed E-state index contributed by atoms with van der Waals surface area (Å²) < 4.78 is 18.6. The first-order chi connectivity index (χ1) is 10.8. The number of carbonyl (C=O) groups is 2. The highest BCUT2D eigenvalue weighted by atomic mass is 19.1. The van der Waals surface area contributed by atoms with E-state index < -0.39 is 11.2 Å². The van der Waals surface area contributed by atoms with Gasteiger partial charge >= 0.3 is 0 Å². The van der Waals surface area contributed by atoms with Crippen molar-refractivity contribution < 1.29 is 18.4 Å². The van der Waals surface area contributed by atoms with Gasteiger partial charge in [-0.3, -0.25) is 14.4 Å². The number of allylic oxidation sites excluding steroid dienone is 1. The minimum atomic E-state index is -0.554. The van der Waals surface area contributed by atoms with Crippen LogP contribution in [0, 0.1) is 11.2 Å². The average molecular weight is 314 g/mol. The van der Waals surface area contributed by atoms with Crippen LogP contribution in [0.2, 0.25) is 0 Å². The van der Waals surface area contributed by atoms with Crippen LogP contribution < -0.4 is 5.43 Å². The van der Waals surface area contributed by atoms with Gasteiger partial charge in [-0.25, -0.2) is 4.39 Å². The maximum atomic E-state index is 13.3. The molecule has 0 amide bonds. The SMILES string of the molecule is CC1(C)CC(=O)C(=Cc2coc3ccc(F)cc3c2=O)C(=O)C1. The second-order valence-corrected chi connectivity index (χ2v) is 6.58. The molecule has 0 N–H and O–H groups in total. The second kappa shape index (κ2) is 5.26. The number of benzene rings is 1. The van der Waals surface area contributed by atoms with Gasteiger partial charge in [-0.15, -0.1) is 0 Å². The van der Waals surface area contributed by atoms with E-state index in [0.717, 1.165) is 6.07 Å². The summed E-state index contributed by atoms with van der Waals surface area (Å²) in [4.78, 5) is 36.7. The second-order valence-electron chi connectivity index (χ2n) is 6.58. The van der Waals surface area contributed by atoms with Crippen LogP contribution in [-0.2, 0) is 9.59 Å². The fourth-order valence-electron chi connectivity index (χ4n) is 2.81. The van der Waals surface area contributed by atoms with Gasteiger partial charge in [0.15, 0.2) is 17.0 Å². The molecule has 0 atom stereocenters. The quantitative estimate of drug-likeness (QED) is 0.598. The van der Waals surface area contributed by atoms with Crippen LogP contribution in [0.4, 0.5) is 4.39 Å². The minimum Gasteiger partial charge on any atom is -0.463 e. The summed E-state index contributed by atoms with van der Waals surface area (Å²) in [6.45, 7) is 3.71. The van der Waals surface area contributed by atoms with Crippen molar-refractivity contribution >= 4 is 28.6 Å². The Morgan fingerprint density at radius 1 is 1.13 bits per heavy atom. The number of hydrogen-bond acceptors (Lipinski definition) is 4. The molecule has 1 aliphatic rings. The summed E-state index contributed by atoms with van der Waals surface area (Å²) in [6.07, 6.45) is 2.95. The van der Waals surface area contributed by atoms with E-state index in [4.69, 9.17) is 4.42 Å². The zero-order valence-corrected chi connectivity index (χ0v) is 12.8. The van der Waals surface area contributed by atoms with Gasteiger partial charge in [0.2, 0.25) is 0 Å². The summed E-state index contributed by atoms with van der Waals surface area (Å²) in [7, 11) is 0. The van der Waals surface area contributed by atoms with Crippen molar-refractivity contribution in [2.45, 2.75) is 26.7 Å². The minimum absolute atomic E-state index is 0.00683. The van der Waals surface area contributed by atoms with Crippen molar-refractivity contribution in [3.8, 4) is 0 Å². The third-order valence-electron chi connectivity index (χ3n) is 3.94. The molecule has 3 rings (SSSR count). The highest BCUT2D eigenvalue weighted by Crippen LogP contribution is 2.34. The van der Waals surface area contributed by atoms with Crippen molar-refractivity contribution in [3.63, 3.8) is 0 Å². The lowest BCUT2D eigenvalue weighted by molar-refractivity contribution is -0.127. The van der Waals surface area contributed by atoms with E-state index in [-0.39, 0.29) is 51.9 Å². The number of Topliss-reactive ketones (excluding diaryl/α,β-unsaturated/α-hetero) is 2. The molecule has 0 aliphatic heterocycles. The molecule has 4 nitrogen and oxygen atoms in total. The Morgan fingerprint density at radius 3 is 2.43 bits per heavy atom. The van der Waals surface area contributed by atoms with Crippen molar-refractivity contribution in [2.24, 2.45) is 5.41 Å². The third kappa shape index (κ3) is 2.86. The molecule has 1 fully saturated rings. The van der Waals surface area contributed by atoms with E-state index in [1.807, 2.05) is 13.8 Å². The number of rotatable bonds is 1. The topological polar surface area (TPSA) is 64.3 Å². The lowest BCUT2D eigenvalue weighted by atomic mass is 9.74. The maximum Gasteiger partial charge on any atom is 0.200 e. The first-order valence-electron chi connectivity index (χ1n) is 7.26. The molecule has 1 heterocycles. The average Bonchev–Trinajstić information content (AvgIpc) is 2.44. The van der Waals surface area contributed by atoms with Gasteiger partial charge < -0.3 is 4.42 Å². The van der Waals surface area contributed by atoms with E-state index in [1.54, 1.807) is 0 Å². The fourth-order valence-corrected chi connectivity index (χ4v) is 2.81. The zero-order chi connectivity index (χ0) is 16.8. The first kappa shape index (κ1) is 15.3. The smallest absolute Gasteiger partial charge is 0.200 e. The van der Waals surface area contributed by atoms with E-state index in [2.05, 4.69) is 0 Å². The molecule has 2 aromatic rings. The Kier molecular flexibility index (Phi) is 3.51. The number of hydrogen-bond donors (Lipinski definition) is 0. The predicted molar refractivity (Wildman–Crippen MR) is 83.4 cm³/mol. The molecular formula is C18H15FO4. The number of ketones is 2. The highest BCUT2D eigenvalue weighted by molar-refractivity contribution is 6.25. The highest BCUT2D eigenvalue weighted by Gasteiger charge is 2.35. The Balaban J connectivity index is 2.11.